The predicted molar refractivity (Wildman–Crippen MR) is 95.2 cm³/mol. The lowest BCUT2D eigenvalue weighted by Gasteiger charge is -2.27. The van der Waals surface area contributed by atoms with Gasteiger partial charge in [0, 0.05) is 18.7 Å². The highest BCUT2D eigenvalue weighted by atomic mass is 16.5. The number of para-hydroxylation sites is 1. The van der Waals surface area contributed by atoms with Gasteiger partial charge in [-0.25, -0.2) is 0 Å². The summed E-state index contributed by atoms with van der Waals surface area (Å²) in [4.78, 5) is 14.4. The Kier molecular flexibility index (Phi) is 5.08. The first kappa shape index (κ1) is 17.1. The molecule has 3 rings (SSSR count). The zero-order valence-corrected chi connectivity index (χ0v) is 14.6. The van der Waals surface area contributed by atoms with E-state index in [0.717, 1.165) is 43.5 Å². The van der Waals surface area contributed by atoms with Crippen molar-refractivity contribution in [3.8, 4) is 17.6 Å². The Morgan fingerprint density at radius 2 is 2.12 bits per heavy atom. The minimum Gasteiger partial charge on any atom is -0.493 e. The second kappa shape index (κ2) is 7.43. The normalized spacial score (nSPS) is 20.0. The van der Waals surface area contributed by atoms with Crippen LogP contribution in [0.4, 0.5) is 0 Å². The molecule has 1 aromatic carbocycles. The number of methoxy groups -OCH3 is 1. The molecule has 25 heavy (non-hydrogen) atoms. The van der Waals surface area contributed by atoms with Crippen LogP contribution in [0.2, 0.25) is 0 Å². The maximum Gasteiger partial charge on any atom is 0.264 e. The molecule has 1 fully saturated rings. The predicted octanol–water partition coefficient (Wildman–Crippen LogP) is 3.32. The first-order valence-corrected chi connectivity index (χ1v) is 8.60. The first-order valence-electron chi connectivity index (χ1n) is 8.60. The molecule has 0 N–H and O–H groups in total. The molecule has 130 valence electrons. The van der Waals surface area contributed by atoms with E-state index in [1.165, 1.54) is 0 Å². The number of nitrogens with zero attached hydrogens (tertiary/aromatic N) is 2. The molecule has 2 aliphatic heterocycles. The number of fused-ring (bicyclic) bond motifs is 1. The van der Waals surface area contributed by atoms with Crippen molar-refractivity contribution in [2.75, 3.05) is 20.2 Å². The third-order valence-electron chi connectivity index (χ3n) is 4.62. The summed E-state index contributed by atoms with van der Waals surface area (Å²) < 4.78 is 11.3. The Hall–Kier alpha value is -2.74. The Bertz CT molecular complexity index is 768. The van der Waals surface area contributed by atoms with E-state index in [0.29, 0.717) is 11.5 Å². The van der Waals surface area contributed by atoms with Gasteiger partial charge in [0.05, 0.1) is 7.11 Å². The van der Waals surface area contributed by atoms with Crippen LogP contribution < -0.4 is 9.47 Å². The van der Waals surface area contributed by atoms with Crippen LogP contribution in [0, 0.1) is 11.3 Å². The summed E-state index contributed by atoms with van der Waals surface area (Å²) in [6.07, 6.45) is 6.49. The molecule has 1 saturated heterocycles. The van der Waals surface area contributed by atoms with E-state index in [4.69, 9.17) is 9.47 Å². The molecule has 1 unspecified atom stereocenters. The van der Waals surface area contributed by atoms with Crippen molar-refractivity contribution in [1.82, 2.24) is 4.90 Å². The second-order valence-corrected chi connectivity index (χ2v) is 6.31. The van der Waals surface area contributed by atoms with Gasteiger partial charge in [0.2, 0.25) is 0 Å². The molecule has 0 radical (unpaired) electrons. The average Bonchev–Trinajstić information content (AvgIpc) is 2.66. The quantitative estimate of drug-likeness (QED) is 0.626. The topological polar surface area (TPSA) is 62.6 Å². The minimum absolute atomic E-state index is 0.162. The molecule has 2 heterocycles. The summed E-state index contributed by atoms with van der Waals surface area (Å²) in [6, 6.07) is 7.72. The molecule has 5 heteroatoms. The number of piperidine rings is 1. The number of benzene rings is 1. The fourth-order valence-electron chi connectivity index (χ4n) is 3.21. The lowest BCUT2D eigenvalue weighted by atomic mass is 9.99. The van der Waals surface area contributed by atoms with Gasteiger partial charge < -0.3 is 14.4 Å². The first-order chi connectivity index (χ1) is 12.1. The zero-order chi connectivity index (χ0) is 17.8. The number of likely N-dealkylation sites (tertiary alicyclic amines) is 1. The Balaban J connectivity index is 1.91. The van der Waals surface area contributed by atoms with E-state index < -0.39 is 0 Å². The Morgan fingerprint density at radius 3 is 2.80 bits per heavy atom. The lowest BCUT2D eigenvalue weighted by molar-refractivity contribution is -0.127. The number of hydrogen-bond donors (Lipinski definition) is 0. The highest BCUT2D eigenvalue weighted by Gasteiger charge is 2.24. The van der Waals surface area contributed by atoms with Gasteiger partial charge in [-0.3, -0.25) is 4.79 Å². The van der Waals surface area contributed by atoms with Crippen LogP contribution in [0.1, 0.15) is 31.7 Å². The smallest absolute Gasteiger partial charge is 0.264 e. The van der Waals surface area contributed by atoms with Crippen LogP contribution in [0.15, 0.2) is 35.4 Å². The maximum atomic E-state index is 12.6. The molecule has 1 aromatic rings. The number of carbonyl (C=O) groups excluding carboxylic acids is 1. The molecule has 0 aromatic heterocycles. The molecule has 0 bridgehead atoms. The highest BCUT2D eigenvalue weighted by molar-refractivity contribution is 5.98. The fourth-order valence-corrected chi connectivity index (χ4v) is 3.21. The third-order valence-corrected chi connectivity index (χ3v) is 4.62. The van der Waals surface area contributed by atoms with Gasteiger partial charge in [-0.15, -0.1) is 0 Å². The van der Waals surface area contributed by atoms with Crippen LogP contribution >= 0.6 is 0 Å². The van der Waals surface area contributed by atoms with Gasteiger partial charge in [0.25, 0.3) is 5.91 Å². The number of ether oxygens (including phenoxy) is 2. The van der Waals surface area contributed by atoms with Crippen molar-refractivity contribution >= 4 is 12.0 Å². The molecule has 5 nitrogen and oxygen atoms in total. The van der Waals surface area contributed by atoms with Crippen LogP contribution in [0.3, 0.4) is 0 Å². The lowest BCUT2D eigenvalue weighted by Crippen LogP contribution is -2.36. The van der Waals surface area contributed by atoms with Crippen LogP contribution in [0.5, 0.6) is 11.5 Å². The monoisotopic (exact) mass is 338 g/mol. The summed E-state index contributed by atoms with van der Waals surface area (Å²) in [5.41, 5.74) is 1.85. The summed E-state index contributed by atoms with van der Waals surface area (Å²) in [7, 11) is 1.61. The Labute approximate surface area is 148 Å². The van der Waals surface area contributed by atoms with E-state index in [2.05, 4.69) is 6.07 Å². The molecule has 1 atom stereocenters. The van der Waals surface area contributed by atoms with Crippen molar-refractivity contribution in [2.45, 2.75) is 32.3 Å². The van der Waals surface area contributed by atoms with E-state index in [1.807, 2.05) is 31.2 Å². The van der Waals surface area contributed by atoms with Gasteiger partial charge in [-0.1, -0.05) is 12.1 Å². The van der Waals surface area contributed by atoms with Gasteiger partial charge in [-0.2, -0.15) is 5.26 Å². The van der Waals surface area contributed by atoms with Crippen LogP contribution in [-0.2, 0) is 4.79 Å². The SMILES string of the molecule is COc1cccc2c1OC(C)C(C=C(C#N)C(=O)N1CCCCC1)=C2. The van der Waals surface area contributed by atoms with Crippen LogP contribution in [0.25, 0.3) is 6.08 Å². The molecule has 0 spiro atoms. The molecule has 2 aliphatic rings. The van der Waals surface area contributed by atoms with Gasteiger partial charge in [-0.05, 0) is 50.0 Å². The zero-order valence-electron chi connectivity index (χ0n) is 14.6. The third kappa shape index (κ3) is 3.53. The summed E-state index contributed by atoms with van der Waals surface area (Å²) >= 11 is 0. The molecule has 0 aliphatic carbocycles. The van der Waals surface area contributed by atoms with E-state index >= 15 is 0 Å². The van der Waals surface area contributed by atoms with Gasteiger partial charge in [0.15, 0.2) is 11.5 Å². The summed E-state index contributed by atoms with van der Waals surface area (Å²) in [5.74, 6) is 1.18. The standard InChI is InChI=1S/C20H22N2O3/c1-14-16(11-15-7-6-8-18(24-2)19(15)25-14)12-17(13-21)20(23)22-9-4-3-5-10-22/h6-8,11-12,14H,3-5,9-10H2,1-2H3. The van der Waals surface area contributed by atoms with Gasteiger partial charge in [0.1, 0.15) is 17.7 Å². The number of rotatable bonds is 3. The van der Waals surface area contributed by atoms with Crippen molar-refractivity contribution in [3.05, 3.63) is 41.0 Å². The summed E-state index contributed by atoms with van der Waals surface area (Å²) in [5, 5.41) is 9.47. The van der Waals surface area contributed by atoms with Crippen molar-refractivity contribution in [1.29, 1.82) is 5.26 Å². The highest BCUT2D eigenvalue weighted by Crippen LogP contribution is 2.38. The maximum absolute atomic E-state index is 12.6. The number of amides is 1. The number of nitriles is 1. The van der Waals surface area contributed by atoms with E-state index in [-0.39, 0.29) is 17.6 Å². The minimum atomic E-state index is -0.263. The molecular formula is C20H22N2O3. The van der Waals surface area contributed by atoms with E-state index in [9.17, 15) is 10.1 Å². The Morgan fingerprint density at radius 1 is 1.36 bits per heavy atom. The second-order valence-electron chi connectivity index (χ2n) is 6.31. The number of carbonyl (C=O) groups is 1. The van der Waals surface area contributed by atoms with E-state index in [1.54, 1.807) is 18.1 Å². The van der Waals surface area contributed by atoms with Crippen molar-refractivity contribution < 1.29 is 14.3 Å². The summed E-state index contributed by atoms with van der Waals surface area (Å²) in [6.45, 7) is 3.35. The van der Waals surface area contributed by atoms with Crippen molar-refractivity contribution in [2.24, 2.45) is 0 Å². The van der Waals surface area contributed by atoms with Gasteiger partial charge >= 0.3 is 0 Å². The average molecular weight is 338 g/mol. The molecule has 0 saturated carbocycles. The number of hydrogen-bond acceptors (Lipinski definition) is 4. The van der Waals surface area contributed by atoms with Crippen LogP contribution in [-0.4, -0.2) is 37.1 Å². The fraction of sp³-hybridized carbons (Fsp3) is 0.400. The van der Waals surface area contributed by atoms with Crippen molar-refractivity contribution in [3.63, 3.8) is 0 Å². The largest absolute Gasteiger partial charge is 0.493 e. The molecular weight excluding hydrogens is 316 g/mol. The molecule has 1 amide bonds.